The second kappa shape index (κ2) is 15.7. The number of rotatable bonds is 13. The van der Waals surface area contributed by atoms with Gasteiger partial charge in [0.05, 0.1) is 12.6 Å². The van der Waals surface area contributed by atoms with Gasteiger partial charge in [0.15, 0.2) is 0 Å². The predicted octanol–water partition coefficient (Wildman–Crippen LogP) is 6.55. The smallest absolute Gasteiger partial charge is 0.407 e. The summed E-state index contributed by atoms with van der Waals surface area (Å²) in [6.07, 6.45) is 1.25. The maximum absolute atomic E-state index is 12.8. The molecule has 0 aliphatic rings. The van der Waals surface area contributed by atoms with E-state index in [1.807, 2.05) is 63.2 Å². The maximum atomic E-state index is 12.8. The van der Waals surface area contributed by atoms with Gasteiger partial charge < -0.3 is 24.5 Å². The van der Waals surface area contributed by atoms with Gasteiger partial charge in [-0.05, 0) is 61.0 Å². The molecule has 0 aromatic heterocycles. The lowest BCUT2D eigenvalue weighted by molar-refractivity contribution is 0.0482. The molecular weight excluding hydrogens is 556 g/mol. The molecule has 0 aliphatic heterocycles. The van der Waals surface area contributed by atoms with Crippen LogP contribution in [0.3, 0.4) is 0 Å². The first-order chi connectivity index (χ1) is 20.4. The number of ether oxygens (including phenoxy) is 2. The van der Waals surface area contributed by atoms with Crippen molar-refractivity contribution in [2.45, 2.75) is 84.1 Å². The van der Waals surface area contributed by atoms with Crippen LogP contribution in [0.15, 0.2) is 91.0 Å². The molecule has 232 valence electrons. The largest absolute Gasteiger partial charge is 0.445 e. The molecule has 3 aromatic carbocycles. The molecular formula is C35H48N2O5Si. The molecule has 0 fully saturated rings. The molecule has 0 saturated carbocycles. The van der Waals surface area contributed by atoms with E-state index >= 15 is 0 Å². The molecule has 0 radical (unpaired) electrons. The number of nitrogens with one attached hydrogen (secondary N) is 2. The van der Waals surface area contributed by atoms with Crippen molar-refractivity contribution in [1.82, 2.24) is 10.6 Å². The Morgan fingerprint density at radius 2 is 1.28 bits per heavy atom. The molecule has 8 heteroatoms. The minimum atomic E-state index is -2.78. The van der Waals surface area contributed by atoms with Gasteiger partial charge in [0.1, 0.15) is 12.2 Å². The highest BCUT2D eigenvalue weighted by atomic mass is 28.4. The van der Waals surface area contributed by atoms with Crippen molar-refractivity contribution in [3.8, 4) is 0 Å². The molecule has 0 unspecified atom stereocenters. The molecule has 7 nitrogen and oxygen atoms in total. The lowest BCUT2D eigenvalue weighted by Crippen LogP contribution is -2.67. The van der Waals surface area contributed by atoms with Crippen LogP contribution in [0.4, 0.5) is 9.59 Å². The second-order valence-electron chi connectivity index (χ2n) is 12.8. The van der Waals surface area contributed by atoms with Crippen LogP contribution in [0.5, 0.6) is 0 Å². The van der Waals surface area contributed by atoms with E-state index in [0.29, 0.717) is 19.6 Å². The van der Waals surface area contributed by atoms with E-state index in [9.17, 15) is 9.59 Å². The van der Waals surface area contributed by atoms with Gasteiger partial charge in [-0.1, -0.05) is 112 Å². The number of benzene rings is 3. The number of amides is 2. The van der Waals surface area contributed by atoms with E-state index < -0.39 is 26.1 Å². The topological polar surface area (TPSA) is 85.9 Å². The quantitative estimate of drug-likeness (QED) is 0.171. The van der Waals surface area contributed by atoms with Gasteiger partial charge in [0, 0.05) is 6.54 Å². The Morgan fingerprint density at radius 1 is 0.744 bits per heavy atom. The second-order valence-corrected chi connectivity index (χ2v) is 17.1. The minimum absolute atomic E-state index is 0.184. The highest BCUT2D eigenvalue weighted by Gasteiger charge is 2.50. The Morgan fingerprint density at radius 3 is 1.79 bits per heavy atom. The summed E-state index contributed by atoms with van der Waals surface area (Å²) in [4.78, 5) is 25.0. The molecule has 3 aromatic rings. The van der Waals surface area contributed by atoms with E-state index in [4.69, 9.17) is 13.9 Å². The minimum Gasteiger partial charge on any atom is -0.445 e. The number of unbranched alkanes of at least 4 members (excludes halogenated alkanes) is 1. The monoisotopic (exact) mass is 604 g/mol. The summed E-state index contributed by atoms with van der Waals surface area (Å²) in [5.74, 6) is 0. The summed E-state index contributed by atoms with van der Waals surface area (Å²) in [6, 6.07) is 30.2. The fourth-order valence-electron chi connectivity index (χ4n) is 5.14. The summed E-state index contributed by atoms with van der Waals surface area (Å²) < 4.78 is 18.0. The zero-order valence-corrected chi connectivity index (χ0v) is 27.5. The van der Waals surface area contributed by atoms with Crippen molar-refractivity contribution in [2.75, 3.05) is 13.2 Å². The van der Waals surface area contributed by atoms with E-state index in [1.54, 1.807) is 0 Å². The number of hydrogen-bond donors (Lipinski definition) is 2. The van der Waals surface area contributed by atoms with Crippen LogP contribution in [0.1, 0.15) is 66.4 Å². The molecule has 1 atom stereocenters. The summed E-state index contributed by atoms with van der Waals surface area (Å²) >= 11 is 0. The molecule has 2 amide bonds. The molecule has 0 bridgehead atoms. The molecule has 0 saturated heterocycles. The van der Waals surface area contributed by atoms with Gasteiger partial charge in [0.2, 0.25) is 0 Å². The first kappa shape index (κ1) is 33.9. The normalized spacial score (nSPS) is 12.7. The highest BCUT2D eigenvalue weighted by molar-refractivity contribution is 6.99. The molecule has 0 aliphatic carbocycles. The highest BCUT2D eigenvalue weighted by Crippen LogP contribution is 2.37. The van der Waals surface area contributed by atoms with Crippen LogP contribution in [-0.4, -0.2) is 45.3 Å². The van der Waals surface area contributed by atoms with Gasteiger partial charge >= 0.3 is 12.2 Å². The van der Waals surface area contributed by atoms with Gasteiger partial charge in [-0.25, -0.2) is 9.59 Å². The van der Waals surface area contributed by atoms with Crippen LogP contribution >= 0.6 is 0 Å². The van der Waals surface area contributed by atoms with Crippen LogP contribution in [0, 0.1) is 0 Å². The number of alkyl carbamates (subject to hydrolysis) is 2. The summed E-state index contributed by atoms with van der Waals surface area (Å²) in [6.45, 7) is 13.3. The number of carbonyl (C=O) groups excluding carboxylic acids is 2. The molecule has 0 heterocycles. The summed E-state index contributed by atoms with van der Waals surface area (Å²) in [5.41, 5.74) is 0.326. The fraction of sp³-hybridized carbons (Fsp3) is 0.429. The fourth-order valence-corrected chi connectivity index (χ4v) is 9.75. The molecule has 2 N–H and O–H groups in total. The first-order valence-electron chi connectivity index (χ1n) is 15.1. The van der Waals surface area contributed by atoms with Crippen LogP contribution in [0.25, 0.3) is 0 Å². The number of carbonyl (C=O) groups is 2. The number of hydrogen-bond acceptors (Lipinski definition) is 5. The standard InChI is InChI=1S/C35H48N2O5Si/c1-34(2,3)42-33(39)37-29(20-16-17-25-36-32(38)40-26-28-18-10-7-11-19-28)27-41-43(35(4,5)6,30-21-12-8-13-22-30)31-23-14-9-15-24-31/h7-15,18-19,21-24,29H,16-17,20,25-27H2,1-6H3,(H,36,38)(H,37,39)/t29-/m0/s1. The lowest BCUT2D eigenvalue weighted by atomic mass is 10.1. The lowest BCUT2D eigenvalue weighted by Gasteiger charge is -2.43. The Labute approximate surface area is 258 Å². The van der Waals surface area contributed by atoms with Crippen molar-refractivity contribution in [3.05, 3.63) is 96.6 Å². The Balaban J connectivity index is 1.69. The summed E-state index contributed by atoms with van der Waals surface area (Å²) in [5, 5.41) is 8.06. The average molecular weight is 605 g/mol. The third-order valence-corrected chi connectivity index (χ3v) is 12.1. The van der Waals surface area contributed by atoms with Crippen LogP contribution < -0.4 is 21.0 Å². The van der Waals surface area contributed by atoms with Gasteiger partial charge in [-0.3, -0.25) is 0 Å². The van der Waals surface area contributed by atoms with E-state index in [2.05, 4.69) is 79.9 Å². The van der Waals surface area contributed by atoms with Crippen molar-refractivity contribution < 1.29 is 23.5 Å². The zero-order chi connectivity index (χ0) is 31.3. The third kappa shape index (κ3) is 10.6. The zero-order valence-electron chi connectivity index (χ0n) is 26.5. The molecule has 3 rings (SSSR count). The maximum Gasteiger partial charge on any atom is 0.407 e. The van der Waals surface area contributed by atoms with Crippen LogP contribution in [0.2, 0.25) is 5.04 Å². The van der Waals surface area contributed by atoms with Crippen molar-refractivity contribution in [3.63, 3.8) is 0 Å². The van der Waals surface area contributed by atoms with E-state index in [-0.39, 0.29) is 17.7 Å². The predicted molar refractivity (Wildman–Crippen MR) is 175 cm³/mol. The van der Waals surface area contributed by atoms with Gasteiger partial charge in [0.25, 0.3) is 8.32 Å². The van der Waals surface area contributed by atoms with E-state index in [1.165, 1.54) is 10.4 Å². The van der Waals surface area contributed by atoms with Crippen LogP contribution in [-0.2, 0) is 20.5 Å². The SMILES string of the molecule is CC(C)(C)OC(=O)N[C@@H](CCCCNC(=O)OCc1ccccc1)CO[Si](c1ccccc1)(c1ccccc1)C(C)(C)C. The van der Waals surface area contributed by atoms with Crippen molar-refractivity contribution in [2.24, 2.45) is 0 Å². The van der Waals surface area contributed by atoms with E-state index in [0.717, 1.165) is 18.4 Å². The van der Waals surface area contributed by atoms with Gasteiger partial charge in [-0.15, -0.1) is 0 Å². The Hall–Kier alpha value is -3.62. The van der Waals surface area contributed by atoms with Crippen molar-refractivity contribution >= 4 is 30.9 Å². The molecule has 43 heavy (non-hydrogen) atoms. The van der Waals surface area contributed by atoms with Crippen molar-refractivity contribution in [1.29, 1.82) is 0 Å². The Kier molecular flexibility index (Phi) is 12.4. The Bertz CT molecular complexity index is 1220. The first-order valence-corrected chi connectivity index (χ1v) is 17.0. The summed E-state index contributed by atoms with van der Waals surface area (Å²) in [7, 11) is -2.78. The van der Waals surface area contributed by atoms with Gasteiger partial charge in [-0.2, -0.15) is 0 Å². The molecule has 0 spiro atoms. The average Bonchev–Trinajstić information content (AvgIpc) is 2.96. The third-order valence-electron chi connectivity index (χ3n) is 7.10.